The Morgan fingerprint density at radius 3 is 3.00 bits per heavy atom. The van der Waals surface area contributed by atoms with Crippen LogP contribution in [0.25, 0.3) is 10.9 Å². The summed E-state index contributed by atoms with van der Waals surface area (Å²) in [5.41, 5.74) is 8.49. The van der Waals surface area contributed by atoms with Gasteiger partial charge in [0.05, 0.1) is 11.2 Å². The molecule has 1 aromatic carbocycles. The van der Waals surface area contributed by atoms with Crippen LogP contribution in [-0.4, -0.2) is 27.7 Å². The van der Waals surface area contributed by atoms with Crippen LogP contribution in [0.4, 0.5) is 11.4 Å². The van der Waals surface area contributed by atoms with Gasteiger partial charge >= 0.3 is 0 Å². The number of aromatic nitrogens is 1. The van der Waals surface area contributed by atoms with Gasteiger partial charge in [-0.2, -0.15) is 0 Å². The summed E-state index contributed by atoms with van der Waals surface area (Å²) >= 11 is 3.40. The van der Waals surface area contributed by atoms with Crippen LogP contribution in [-0.2, 0) is 10.8 Å². The molecule has 2 rings (SSSR count). The first kappa shape index (κ1) is 14.3. The van der Waals surface area contributed by atoms with Gasteiger partial charge in [-0.3, -0.25) is 9.19 Å². The van der Waals surface area contributed by atoms with Gasteiger partial charge in [0.2, 0.25) is 0 Å². The third-order valence-corrected chi connectivity index (χ3v) is 4.07. The Labute approximate surface area is 123 Å². The van der Waals surface area contributed by atoms with Crippen molar-refractivity contribution in [2.45, 2.75) is 6.42 Å². The number of hydrogen-bond donors (Lipinski definition) is 2. The Hall–Kier alpha value is -1.14. The number of anilines is 2. The second-order valence-corrected chi connectivity index (χ2v) is 6.78. The predicted molar refractivity (Wildman–Crippen MR) is 85.9 cm³/mol. The summed E-state index contributed by atoms with van der Waals surface area (Å²) in [6.07, 6.45) is 4.34. The lowest BCUT2D eigenvalue weighted by atomic mass is 10.1. The lowest BCUT2D eigenvalue weighted by molar-refractivity contribution is 0.685. The highest BCUT2D eigenvalue weighted by molar-refractivity contribution is 9.10. The first-order valence-electron chi connectivity index (χ1n) is 5.95. The van der Waals surface area contributed by atoms with Crippen LogP contribution in [0.1, 0.15) is 6.42 Å². The minimum Gasteiger partial charge on any atom is -0.398 e. The zero-order valence-electron chi connectivity index (χ0n) is 10.6. The fraction of sp³-hybridized carbons (Fsp3) is 0.308. The van der Waals surface area contributed by atoms with Gasteiger partial charge in [-0.25, -0.2) is 0 Å². The van der Waals surface area contributed by atoms with Crippen molar-refractivity contribution in [1.29, 1.82) is 0 Å². The number of hydrogen-bond acceptors (Lipinski definition) is 4. The highest BCUT2D eigenvalue weighted by atomic mass is 79.9. The Balaban J connectivity index is 2.19. The molecule has 0 saturated heterocycles. The fourth-order valence-corrected chi connectivity index (χ4v) is 2.74. The number of nitrogens with zero attached hydrogens (tertiary/aromatic N) is 1. The van der Waals surface area contributed by atoms with E-state index in [9.17, 15) is 4.21 Å². The van der Waals surface area contributed by atoms with Crippen LogP contribution in [0.15, 0.2) is 28.9 Å². The summed E-state index contributed by atoms with van der Waals surface area (Å²) in [6.45, 7) is 0.774. The van der Waals surface area contributed by atoms with Gasteiger partial charge in [0.15, 0.2) is 0 Å². The number of nitrogen functional groups attached to an aromatic ring is 1. The number of halogens is 1. The molecule has 1 aromatic heterocycles. The van der Waals surface area contributed by atoms with Gasteiger partial charge in [0.1, 0.15) is 0 Å². The van der Waals surface area contributed by atoms with Crippen LogP contribution in [0.2, 0.25) is 0 Å². The van der Waals surface area contributed by atoms with Crippen molar-refractivity contribution in [2.24, 2.45) is 0 Å². The Morgan fingerprint density at radius 1 is 1.47 bits per heavy atom. The van der Waals surface area contributed by atoms with Crippen molar-refractivity contribution in [1.82, 2.24) is 4.98 Å². The standard InChI is InChI=1S/C13H16BrN3OS/c1-19(18)6-2-5-16-12-4-3-11(15)10-7-9(14)8-17-13(10)12/h3-4,7-8,16H,2,5-6,15H2,1H3. The molecule has 0 spiro atoms. The number of pyridine rings is 1. The molecular weight excluding hydrogens is 326 g/mol. The van der Waals surface area contributed by atoms with E-state index < -0.39 is 10.8 Å². The van der Waals surface area contributed by atoms with Gasteiger partial charge in [0, 0.05) is 51.1 Å². The van der Waals surface area contributed by atoms with Gasteiger partial charge in [0.25, 0.3) is 0 Å². The van der Waals surface area contributed by atoms with E-state index in [4.69, 9.17) is 5.73 Å². The van der Waals surface area contributed by atoms with E-state index in [0.717, 1.165) is 34.0 Å². The predicted octanol–water partition coefficient (Wildman–Crippen LogP) is 2.76. The van der Waals surface area contributed by atoms with E-state index in [0.29, 0.717) is 11.4 Å². The molecular formula is C13H16BrN3OS. The van der Waals surface area contributed by atoms with Crippen molar-refractivity contribution in [3.05, 3.63) is 28.9 Å². The molecule has 0 saturated carbocycles. The molecule has 0 amide bonds. The van der Waals surface area contributed by atoms with Crippen molar-refractivity contribution >= 4 is 49.0 Å². The largest absolute Gasteiger partial charge is 0.398 e. The molecule has 1 unspecified atom stereocenters. The maximum atomic E-state index is 11.0. The zero-order chi connectivity index (χ0) is 13.8. The van der Waals surface area contributed by atoms with Crippen LogP contribution >= 0.6 is 15.9 Å². The Bertz CT molecular complexity index is 618. The monoisotopic (exact) mass is 341 g/mol. The third-order valence-electron chi connectivity index (χ3n) is 2.77. The molecule has 0 radical (unpaired) electrons. The summed E-state index contributed by atoms with van der Waals surface area (Å²) in [6, 6.07) is 5.77. The molecule has 2 aromatic rings. The fourth-order valence-electron chi connectivity index (χ4n) is 1.86. The highest BCUT2D eigenvalue weighted by Gasteiger charge is 2.06. The molecule has 1 atom stereocenters. The molecule has 0 bridgehead atoms. The Kier molecular flexibility index (Phi) is 4.76. The first-order chi connectivity index (χ1) is 9.08. The van der Waals surface area contributed by atoms with Gasteiger partial charge in [-0.15, -0.1) is 0 Å². The molecule has 0 aliphatic heterocycles. The van der Waals surface area contributed by atoms with E-state index >= 15 is 0 Å². The smallest absolute Gasteiger partial charge is 0.0954 e. The number of rotatable bonds is 5. The minimum absolute atomic E-state index is 0.707. The summed E-state index contributed by atoms with van der Waals surface area (Å²) < 4.78 is 11.9. The van der Waals surface area contributed by atoms with Crippen LogP contribution < -0.4 is 11.1 Å². The lowest BCUT2D eigenvalue weighted by Crippen LogP contribution is -2.07. The van der Waals surface area contributed by atoms with E-state index in [1.807, 2.05) is 18.2 Å². The summed E-state index contributed by atoms with van der Waals surface area (Å²) in [7, 11) is -0.739. The summed E-state index contributed by atoms with van der Waals surface area (Å²) in [4.78, 5) is 4.41. The van der Waals surface area contributed by atoms with Crippen LogP contribution in [0, 0.1) is 0 Å². The molecule has 1 heterocycles. The second kappa shape index (κ2) is 6.34. The third kappa shape index (κ3) is 3.67. The molecule has 0 aliphatic carbocycles. The van der Waals surface area contributed by atoms with Crippen molar-refractivity contribution in [2.75, 3.05) is 29.6 Å². The maximum Gasteiger partial charge on any atom is 0.0954 e. The number of nitrogens with one attached hydrogen (secondary N) is 1. The molecule has 6 heteroatoms. The van der Waals surface area contributed by atoms with Gasteiger partial charge < -0.3 is 11.1 Å². The second-order valence-electron chi connectivity index (χ2n) is 4.31. The minimum atomic E-state index is -0.739. The van der Waals surface area contributed by atoms with Gasteiger partial charge in [-0.1, -0.05) is 0 Å². The zero-order valence-corrected chi connectivity index (χ0v) is 13.1. The van der Waals surface area contributed by atoms with E-state index in [1.165, 1.54) is 0 Å². The average Bonchev–Trinajstić information content (AvgIpc) is 2.37. The van der Waals surface area contributed by atoms with E-state index in [2.05, 4.69) is 26.2 Å². The topological polar surface area (TPSA) is 68.0 Å². The van der Waals surface area contributed by atoms with Crippen molar-refractivity contribution < 1.29 is 4.21 Å². The summed E-state index contributed by atoms with van der Waals surface area (Å²) in [5.74, 6) is 0.707. The average molecular weight is 342 g/mol. The Morgan fingerprint density at radius 2 is 2.26 bits per heavy atom. The SMILES string of the molecule is CS(=O)CCCNc1ccc(N)c2cc(Br)cnc12. The van der Waals surface area contributed by atoms with Crippen LogP contribution in [0.3, 0.4) is 0 Å². The number of fused-ring (bicyclic) bond motifs is 1. The van der Waals surface area contributed by atoms with Crippen molar-refractivity contribution in [3.63, 3.8) is 0 Å². The summed E-state index contributed by atoms with van der Waals surface area (Å²) in [5, 5.41) is 4.25. The number of benzene rings is 1. The molecule has 0 aliphatic rings. The molecule has 4 nitrogen and oxygen atoms in total. The van der Waals surface area contributed by atoms with E-state index in [1.54, 1.807) is 12.5 Å². The normalized spacial score (nSPS) is 12.5. The number of nitrogens with two attached hydrogens (primary N) is 1. The molecule has 0 fully saturated rings. The van der Waals surface area contributed by atoms with Gasteiger partial charge in [-0.05, 0) is 40.5 Å². The molecule has 3 N–H and O–H groups in total. The molecule has 19 heavy (non-hydrogen) atoms. The molecule has 102 valence electrons. The van der Waals surface area contributed by atoms with Crippen LogP contribution in [0.5, 0.6) is 0 Å². The van der Waals surface area contributed by atoms with Crippen molar-refractivity contribution in [3.8, 4) is 0 Å². The maximum absolute atomic E-state index is 11.0. The first-order valence-corrected chi connectivity index (χ1v) is 8.47. The lowest BCUT2D eigenvalue weighted by Gasteiger charge is -2.10. The van der Waals surface area contributed by atoms with E-state index in [-0.39, 0.29) is 0 Å². The quantitative estimate of drug-likeness (QED) is 0.648. The highest BCUT2D eigenvalue weighted by Crippen LogP contribution is 2.28.